The molecule has 0 spiro atoms. The van der Waals surface area contributed by atoms with E-state index in [2.05, 4.69) is 27.0 Å². The molecule has 1 aliphatic rings. The number of thioether (sulfide) groups is 1. The molecule has 4 aromatic rings. The Labute approximate surface area is 202 Å². The average molecular weight is 472 g/mol. The van der Waals surface area contributed by atoms with Gasteiger partial charge >= 0.3 is 0 Å². The van der Waals surface area contributed by atoms with Gasteiger partial charge in [-0.05, 0) is 43.2 Å². The van der Waals surface area contributed by atoms with Crippen LogP contribution in [-0.4, -0.2) is 33.1 Å². The first-order valence-electron chi connectivity index (χ1n) is 11.0. The molecule has 1 amide bonds. The third-order valence-corrected chi connectivity index (χ3v) is 7.06. The van der Waals surface area contributed by atoms with E-state index in [0.29, 0.717) is 11.0 Å². The third-order valence-electron chi connectivity index (χ3n) is 5.84. The van der Waals surface area contributed by atoms with E-state index in [1.807, 2.05) is 85.3 Å². The second-order valence-corrected chi connectivity index (χ2v) is 9.34. The molecule has 2 heterocycles. The Kier molecular flexibility index (Phi) is 5.98. The van der Waals surface area contributed by atoms with Crippen molar-refractivity contribution in [2.45, 2.75) is 30.3 Å². The predicted octanol–water partition coefficient (Wildman–Crippen LogP) is 4.97. The fourth-order valence-electron chi connectivity index (χ4n) is 4.05. The van der Waals surface area contributed by atoms with Crippen molar-refractivity contribution in [1.29, 1.82) is 0 Å². The molecule has 0 saturated heterocycles. The number of carbonyl (C=O) groups excluding carboxylic acids is 1. The van der Waals surface area contributed by atoms with Gasteiger partial charge in [-0.1, -0.05) is 71.9 Å². The quantitative estimate of drug-likeness (QED) is 0.428. The number of anilines is 1. The molecule has 0 unspecified atom stereocenters. The Balaban J connectivity index is 1.51. The third kappa shape index (κ3) is 4.24. The van der Waals surface area contributed by atoms with Crippen LogP contribution in [0, 0.1) is 13.8 Å². The van der Waals surface area contributed by atoms with Crippen molar-refractivity contribution in [3.05, 3.63) is 89.5 Å². The van der Waals surface area contributed by atoms with E-state index in [0.717, 1.165) is 33.7 Å². The highest BCUT2D eigenvalue weighted by atomic mass is 32.2. The second-order valence-electron chi connectivity index (χ2n) is 8.23. The molecule has 0 bridgehead atoms. The average Bonchev–Trinajstić information content (AvgIpc) is 3.28. The number of nitrogens with one attached hydrogen (secondary N) is 2. The zero-order valence-electron chi connectivity index (χ0n) is 19.1. The predicted molar refractivity (Wildman–Crippen MR) is 135 cm³/mol. The highest BCUT2D eigenvalue weighted by Gasteiger charge is 2.38. The zero-order valence-corrected chi connectivity index (χ0v) is 20.0. The minimum Gasteiger partial charge on any atom is -0.497 e. The number of benzene rings is 3. The molecule has 7 nitrogen and oxygen atoms in total. The zero-order chi connectivity index (χ0) is 23.7. The van der Waals surface area contributed by atoms with Crippen molar-refractivity contribution in [1.82, 2.24) is 14.9 Å². The Morgan fingerprint density at radius 3 is 2.50 bits per heavy atom. The molecule has 1 aromatic heterocycles. The summed E-state index contributed by atoms with van der Waals surface area (Å²) in [6.07, 6.45) is 0. The van der Waals surface area contributed by atoms with Crippen LogP contribution < -0.4 is 15.5 Å². The maximum absolute atomic E-state index is 13.5. The van der Waals surface area contributed by atoms with E-state index < -0.39 is 5.25 Å². The van der Waals surface area contributed by atoms with E-state index >= 15 is 0 Å². The van der Waals surface area contributed by atoms with Crippen LogP contribution in [0.1, 0.15) is 22.7 Å². The summed E-state index contributed by atoms with van der Waals surface area (Å²) in [5.74, 6) is 1.37. The van der Waals surface area contributed by atoms with Gasteiger partial charge in [0.2, 0.25) is 11.1 Å². The van der Waals surface area contributed by atoms with Crippen LogP contribution in [0.3, 0.4) is 0 Å². The topological polar surface area (TPSA) is 81.1 Å². The van der Waals surface area contributed by atoms with Gasteiger partial charge in [0.25, 0.3) is 0 Å². The molecule has 34 heavy (non-hydrogen) atoms. The van der Waals surface area contributed by atoms with Crippen LogP contribution in [0.4, 0.5) is 5.69 Å². The first-order chi connectivity index (χ1) is 16.5. The smallest absolute Gasteiger partial charge is 0.240 e. The molecule has 2 N–H and O–H groups in total. The van der Waals surface area contributed by atoms with E-state index in [4.69, 9.17) is 4.74 Å². The summed E-state index contributed by atoms with van der Waals surface area (Å²) in [5, 5.41) is 12.1. The molecule has 3 aromatic carbocycles. The van der Waals surface area contributed by atoms with Crippen molar-refractivity contribution in [2.75, 3.05) is 17.9 Å². The monoisotopic (exact) mass is 471 g/mol. The summed E-state index contributed by atoms with van der Waals surface area (Å²) < 4.78 is 7.19. The van der Waals surface area contributed by atoms with Gasteiger partial charge in [0, 0.05) is 11.3 Å². The fraction of sp³-hybridized carbons (Fsp3) is 0.192. The number of fused-ring (bicyclic) bond motifs is 1. The molecule has 8 heteroatoms. The minimum atomic E-state index is -0.463. The molecular weight excluding hydrogens is 446 g/mol. The number of hydrogen-bond donors (Lipinski definition) is 2. The second kappa shape index (κ2) is 9.23. The molecule has 0 fully saturated rings. The van der Waals surface area contributed by atoms with Crippen LogP contribution in [0.25, 0.3) is 11.4 Å². The summed E-state index contributed by atoms with van der Waals surface area (Å²) in [7, 11) is 1.64. The number of amides is 1. The maximum atomic E-state index is 13.5. The Morgan fingerprint density at radius 1 is 1.03 bits per heavy atom. The first-order valence-corrected chi connectivity index (χ1v) is 11.9. The lowest BCUT2D eigenvalue weighted by Gasteiger charge is -2.33. The summed E-state index contributed by atoms with van der Waals surface area (Å²) >= 11 is 1.41. The van der Waals surface area contributed by atoms with Crippen molar-refractivity contribution in [2.24, 2.45) is 0 Å². The van der Waals surface area contributed by atoms with E-state index in [1.54, 1.807) is 7.11 Å². The van der Waals surface area contributed by atoms with E-state index in [9.17, 15) is 4.79 Å². The molecule has 0 radical (unpaired) electrons. The van der Waals surface area contributed by atoms with Gasteiger partial charge in [-0.15, -0.1) is 10.2 Å². The summed E-state index contributed by atoms with van der Waals surface area (Å²) in [4.78, 5) is 13.5. The van der Waals surface area contributed by atoms with Crippen LogP contribution in [0.15, 0.2) is 78.0 Å². The standard InChI is InChI=1S/C26H25N5O2S/c1-16-9-14-21(17(2)15-16)27-25(32)23-22(18-10-12-20(33-3)13-11-18)30-31-24(28-29-26(31)34-23)19-7-5-4-6-8-19/h4-15,22-23,30H,1-3H3,(H,27,32)/t22-,23+/m1/s1. The Morgan fingerprint density at radius 2 is 1.79 bits per heavy atom. The van der Waals surface area contributed by atoms with Gasteiger partial charge in [0.1, 0.15) is 11.0 Å². The number of carbonyl (C=O) groups is 1. The van der Waals surface area contributed by atoms with Crippen molar-refractivity contribution >= 4 is 23.4 Å². The first kappa shape index (κ1) is 22.0. The Bertz CT molecular complexity index is 1320. The number of aromatic nitrogens is 3. The number of ether oxygens (including phenoxy) is 1. The number of nitrogens with zero attached hydrogens (tertiary/aromatic N) is 3. The molecule has 1 aliphatic heterocycles. The van der Waals surface area contributed by atoms with Gasteiger partial charge in [-0.25, -0.2) is 4.68 Å². The lowest BCUT2D eigenvalue weighted by Crippen LogP contribution is -2.41. The number of methoxy groups -OCH3 is 1. The van der Waals surface area contributed by atoms with Crippen molar-refractivity contribution < 1.29 is 9.53 Å². The lowest BCUT2D eigenvalue weighted by molar-refractivity contribution is -0.116. The van der Waals surface area contributed by atoms with E-state index in [-0.39, 0.29) is 11.9 Å². The number of hydrogen-bond acceptors (Lipinski definition) is 6. The number of aryl methyl sites for hydroxylation is 2. The normalized spacial score (nSPS) is 16.9. The maximum Gasteiger partial charge on any atom is 0.240 e. The minimum absolute atomic E-state index is 0.0965. The fourth-order valence-corrected chi connectivity index (χ4v) is 5.13. The Hall–Kier alpha value is -3.78. The van der Waals surface area contributed by atoms with Crippen LogP contribution in [0.5, 0.6) is 5.75 Å². The van der Waals surface area contributed by atoms with Gasteiger partial charge in [-0.2, -0.15) is 0 Å². The molecule has 2 atom stereocenters. The van der Waals surface area contributed by atoms with Gasteiger partial charge in [0.15, 0.2) is 5.82 Å². The molecule has 172 valence electrons. The highest BCUT2D eigenvalue weighted by Crippen LogP contribution is 2.39. The number of rotatable bonds is 5. The lowest BCUT2D eigenvalue weighted by atomic mass is 10.0. The van der Waals surface area contributed by atoms with Crippen LogP contribution in [0.2, 0.25) is 0 Å². The SMILES string of the molecule is COc1ccc([C@H]2Nn3c(nnc3-c3ccccc3)S[C@@H]2C(=O)Nc2ccc(C)cc2C)cc1. The van der Waals surface area contributed by atoms with Crippen molar-refractivity contribution in [3.63, 3.8) is 0 Å². The van der Waals surface area contributed by atoms with E-state index in [1.165, 1.54) is 11.8 Å². The van der Waals surface area contributed by atoms with Gasteiger partial charge in [0.05, 0.1) is 13.2 Å². The van der Waals surface area contributed by atoms with Crippen LogP contribution in [-0.2, 0) is 4.79 Å². The molecule has 0 saturated carbocycles. The molecular formula is C26H25N5O2S. The highest BCUT2D eigenvalue weighted by molar-refractivity contribution is 8.00. The summed E-state index contributed by atoms with van der Waals surface area (Å²) in [5.41, 5.74) is 8.41. The van der Waals surface area contributed by atoms with Gasteiger partial charge < -0.3 is 15.5 Å². The summed E-state index contributed by atoms with van der Waals surface area (Å²) in [6.45, 7) is 4.04. The molecule has 0 aliphatic carbocycles. The molecule has 5 rings (SSSR count). The van der Waals surface area contributed by atoms with Crippen LogP contribution >= 0.6 is 11.8 Å². The summed E-state index contributed by atoms with van der Waals surface area (Å²) in [6, 6.07) is 23.3. The van der Waals surface area contributed by atoms with Crippen molar-refractivity contribution in [3.8, 4) is 17.1 Å². The largest absolute Gasteiger partial charge is 0.497 e. The van der Waals surface area contributed by atoms with Gasteiger partial charge in [-0.3, -0.25) is 4.79 Å².